The number of nitrogens with one attached hydrogen (secondary N) is 1. The summed E-state index contributed by atoms with van der Waals surface area (Å²) >= 11 is 5.90. The second-order valence-corrected chi connectivity index (χ2v) is 15.8. The Morgan fingerprint density at radius 1 is 1.06 bits per heavy atom. The Morgan fingerprint density at radius 2 is 1.72 bits per heavy atom. The van der Waals surface area contributed by atoms with E-state index in [1.165, 1.54) is 0 Å². The van der Waals surface area contributed by atoms with Crippen molar-refractivity contribution in [2.24, 2.45) is 0 Å². The number of halogens is 1. The van der Waals surface area contributed by atoms with Crippen LogP contribution in [0, 0.1) is 0 Å². The standard InChI is InChI=1S/C25H37ClN2O3Si/c1-24(2,3)22-21(13-20(16-27-22)17-30-32(7,8)25(4,5)6)31-23(29)28-15-19-11-9-10-18(12-19)14-26/h9-13,16H,14-15,17H2,1-8H3,(H,28,29). The van der Waals surface area contributed by atoms with Gasteiger partial charge >= 0.3 is 6.09 Å². The summed E-state index contributed by atoms with van der Waals surface area (Å²) in [6.07, 6.45) is 1.30. The van der Waals surface area contributed by atoms with Crippen molar-refractivity contribution >= 4 is 26.0 Å². The summed E-state index contributed by atoms with van der Waals surface area (Å²) in [5, 5.41) is 2.93. The molecule has 1 heterocycles. The second-order valence-electron chi connectivity index (χ2n) is 10.7. The number of carbonyl (C=O) groups excluding carboxylic acids is 1. The van der Waals surface area contributed by atoms with Crippen molar-refractivity contribution in [2.45, 2.75) is 84.1 Å². The van der Waals surface area contributed by atoms with E-state index < -0.39 is 14.4 Å². The molecule has 2 rings (SSSR count). The highest BCUT2D eigenvalue weighted by molar-refractivity contribution is 6.74. The fourth-order valence-corrected chi connectivity index (χ4v) is 3.95. The first-order valence-corrected chi connectivity index (χ1v) is 14.4. The minimum Gasteiger partial charge on any atom is -0.412 e. The second kappa shape index (κ2) is 10.4. The Morgan fingerprint density at radius 3 is 2.31 bits per heavy atom. The summed E-state index contributed by atoms with van der Waals surface area (Å²) in [6.45, 7) is 18.0. The Kier molecular flexibility index (Phi) is 8.54. The molecule has 0 unspecified atom stereocenters. The molecule has 176 valence electrons. The zero-order valence-corrected chi connectivity index (χ0v) is 22.4. The molecular formula is C25H37ClN2O3Si. The highest BCUT2D eigenvalue weighted by Crippen LogP contribution is 2.37. The van der Waals surface area contributed by atoms with E-state index in [-0.39, 0.29) is 10.5 Å². The number of hydrogen-bond donors (Lipinski definition) is 1. The molecule has 0 saturated carbocycles. The van der Waals surface area contributed by atoms with Crippen molar-refractivity contribution in [2.75, 3.05) is 0 Å². The molecule has 2 aromatic rings. The number of hydrogen-bond acceptors (Lipinski definition) is 4. The first-order chi connectivity index (χ1) is 14.7. The molecular weight excluding hydrogens is 440 g/mol. The molecule has 0 aliphatic carbocycles. The number of alkyl halides is 1. The molecule has 0 bridgehead atoms. The molecule has 0 spiro atoms. The lowest BCUT2D eigenvalue weighted by Crippen LogP contribution is -2.40. The van der Waals surface area contributed by atoms with Crippen molar-refractivity contribution in [1.82, 2.24) is 10.3 Å². The van der Waals surface area contributed by atoms with Gasteiger partial charge < -0.3 is 14.5 Å². The number of benzene rings is 1. The summed E-state index contributed by atoms with van der Waals surface area (Å²) in [5.74, 6) is 0.892. The van der Waals surface area contributed by atoms with Crippen LogP contribution in [0.1, 0.15) is 63.9 Å². The number of ether oxygens (including phenoxy) is 1. The quantitative estimate of drug-likeness (QED) is 0.347. The highest BCUT2D eigenvalue weighted by Gasteiger charge is 2.37. The third kappa shape index (κ3) is 7.32. The fourth-order valence-electron chi connectivity index (χ4n) is 2.82. The largest absolute Gasteiger partial charge is 0.412 e. The molecule has 0 aliphatic heterocycles. The van der Waals surface area contributed by atoms with Crippen LogP contribution in [0.4, 0.5) is 4.79 Å². The van der Waals surface area contributed by atoms with Gasteiger partial charge in [-0.25, -0.2) is 4.79 Å². The van der Waals surface area contributed by atoms with Crippen molar-refractivity contribution in [3.8, 4) is 5.75 Å². The van der Waals surface area contributed by atoms with Crippen LogP contribution in [0.5, 0.6) is 5.75 Å². The lowest BCUT2D eigenvalue weighted by Gasteiger charge is -2.36. The van der Waals surface area contributed by atoms with Gasteiger partial charge in [-0.3, -0.25) is 4.98 Å². The molecule has 0 radical (unpaired) electrons. The van der Waals surface area contributed by atoms with Crippen molar-refractivity contribution in [3.05, 3.63) is 58.9 Å². The van der Waals surface area contributed by atoms with Crippen molar-refractivity contribution < 1.29 is 14.0 Å². The lowest BCUT2D eigenvalue weighted by atomic mass is 9.90. The SMILES string of the molecule is CC(C)(C)c1ncc(CO[Si](C)(C)C(C)(C)C)cc1OC(=O)NCc1cccc(CCl)c1. The van der Waals surface area contributed by atoms with Crippen molar-refractivity contribution in [1.29, 1.82) is 0 Å². The van der Waals surface area contributed by atoms with E-state index in [1.54, 1.807) is 0 Å². The normalized spacial score (nSPS) is 12.5. The Balaban J connectivity index is 2.14. The smallest absolute Gasteiger partial charge is 0.412 e. The number of carbonyl (C=O) groups is 1. The number of nitrogens with zero attached hydrogens (tertiary/aromatic N) is 1. The van der Waals surface area contributed by atoms with E-state index in [1.807, 2.05) is 57.3 Å². The summed E-state index contributed by atoms with van der Waals surface area (Å²) in [5.41, 5.74) is 3.32. The zero-order chi connectivity index (χ0) is 24.2. The monoisotopic (exact) mass is 476 g/mol. The van der Waals surface area contributed by atoms with Gasteiger partial charge in [-0.15, -0.1) is 11.6 Å². The number of amides is 1. The Labute approximate surface area is 199 Å². The highest BCUT2D eigenvalue weighted by atomic mass is 35.5. The molecule has 1 amide bonds. The van der Waals surface area contributed by atoms with E-state index >= 15 is 0 Å². The third-order valence-corrected chi connectivity index (χ3v) is 10.6. The van der Waals surface area contributed by atoms with E-state index in [9.17, 15) is 4.79 Å². The Hall–Kier alpha value is -1.89. The van der Waals surface area contributed by atoms with Crippen molar-refractivity contribution in [3.63, 3.8) is 0 Å². The molecule has 7 heteroatoms. The fraction of sp³-hybridized carbons (Fsp3) is 0.520. The van der Waals surface area contributed by atoms with E-state index in [0.717, 1.165) is 22.4 Å². The van der Waals surface area contributed by atoms with Crippen LogP contribution in [-0.2, 0) is 28.9 Å². The summed E-state index contributed by atoms with van der Waals surface area (Å²) < 4.78 is 12.0. The van der Waals surface area contributed by atoms with Gasteiger partial charge in [0, 0.05) is 24.0 Å². The van der Waals surface area contributed by atoms with E-state index in [2.05, 4.69) is 44.2 Å². The molecule has 5 nitrogen and oxygen atoms in total. The molecule has 0 saturated heterocycles. The van der Waals surface area contributed by atoms with Gasteiger partial charge in [0.05, 0.1) is 12.3 Å². The first-order valence-electron chi connectivity index (χ1n) is 11.0. The summed E-state index contributed by atoms with van der Waals surface area (Å²) in [7, 11) is -1.90. The molecule has 1 aromatic heterocycles. The van der Waals surface area contributed by atoms with Gasteiger partial charge in [-0.2, -0.15) is 0 Å². The number of rotatable bonds is 7. The van der Waals surface area contributed by atoms with E-state index in [0.29, 0.717) is 24.8 Å². The van der Waals surface area contributed by atoms with Crippen LogP contribution in [0.3, 0.4) is 0 Å². The third-order valence-electron chi connectivity index (χ3n) is 5.81. The average molecular weight is 477 g/mol. The van der Waals surface area contributed by atoms with Gasteiger partial charge in [0.15, 0.2) is 14.1 Å². The first kappa shape index (κ1) is 26.4. The van der Waals surface area contributed by atoms with Gasteiger partial charge in [0.1, 0.15) is 0 Å². The number of pyridine rings is 1. The van der Waals surface area contributed by atoms with Crippen LogP contribution in [0.2, 0.25) is 18.1 Å². The summed E-state index contributed by atoms with van der Waals surface area (Å²) in [4.78, 5) is 17.2. The maximum atomic E-state index is 12.6. The average Bonchev–Trinajstić information content (AvgIpc) is 2.69. The van der Waals surface area contributed by atoms with Gasteiger partial charge in [0.25, 0.3) is 0 Å². The van der Waals surface area contributed by atoms with E-state index in [4.69, 9.17) is 20.8 Å². The van der Waals surface area contributed by atoms with Crippen LogP contribution in [0.15, 0.2) is 36.5 Å². The van der Waals surface area contributed by atoms with Crippen LogP contribution >= 0.6 is 11.6 Å². The van der Waals surface area contributed by atoms with Gasteiger partial charge in [0.2, 0.25) is 0 Å². The molecule has 1 N–H and O–H groups in total. The molecule has 0 aliphatic rings. The van der Waals surface area contributed by atoms with Gasteiger partial charge in [-0.05, 0) is 40.9 Å². The maximum absolute atomic E-state index is 12.6. The minimum absolute atomic E-state index is 0.117. The van der Waals surface area contributed by atoms with Gasteiger partial charge in [-0.1, -0.05) is 65.8 Å². The number of aromatic nitrogens is 1. The Bertz CT molecular complexity index is 934. The van der Waals surface area contributed by atoms with Crippen LogP contribution in [-0.4, -0.2) is 19.4 Å². The topological polar surface area (TPSA) is 60.5 Å². The van der Waals surface area contributed by atoms with Crippen LogP contribution < -0.4 is 10.1 Å². The minimum atomic E-state index is -1.90. The molecule has 0 atom stereocenters. The van der Waals surface area contributed by atoms with Crippen LogP contribution in [0.25, 0.3) is 0 Å². The molecule has 0 fully saturated rings. The molecule has 32 heavy (non-hydrogen) atoms. The summed E-state index contributed by atoms with van der Waals surface area (Å²) in [6, 6.07) is 9.65. The zero-order valence-electron chi connectivity index (χ0n) is 20.6. The predicted octanol–water partition coefficient (Wildman–Crippen LogP) is 6.93. The predicted molar refractivity (Wildman–Crippen MR) is 134 cm³/mol. The lowest BCUT2D eigenvalue weighted by molar-refractivity contribution is 0.198. The maximum Gasteiger partial charge on any atom is 0.412 e. The molecule has 1 aromatic carbocycles.